The number of aromatic nitrogens is 1. The van der Waals surface area contributed by atoms with Gasteiger partial charge in [-0.05, 0) is 18.2 Å². The quantitative estimate of drug-likeness (QED) is 0.899. The summed E-state index contributed by atoms with van der Waals surface area (Å²) in [5, 5.41) is 4.72. The molecular formula is C9H7F3N2O2S. The average Bonchev–Trinajstić information content (AvgIpc) is 2.55. The van der Waals surface area contributed by atoms with E-state index in [2.05, 4.69) is 0 Å². The second-order valence-corrected chi connectivity index (χ2v) is 4.91. The summed E-state index contributed by atoms with van der Waals surface area (Å²) in [7, 11) is -4.18. The Labute approximate surface area is 94.5 Å². The first-order valence-corrected chi connectivity index (χ1v) is 5.96. The number of alkyl halides is 2. The molecule has 0 aliphatic rings. The molecule has 2 rings (SSSR count). The number of fused-ring (bicyclic) bond motifs is 1. The summed E-state index contributed by atoms with van der Waals surface area (Å²) >= 11 is 0. The summed E-state index contributed by atoms with van der Waals surface area (Å²) in [5.41, 5.74) is -0.0922. The Bertz CT molecular complexity index is 679. The molecule has 0 atom stereocenters. The lowest BCUT2D eigenvalue weighted by molar-refractivity contribution is 0.0748. The van der Waals surface area contributed by atoms with Gasteiger partial charge in [0.25, 0.3) is 0 Å². The summed E-state index contributed by atoms with van der Waals surface area (Å²) < 4.78 is 61.1. The van der Waals surface area contributed by atoms with E-state index in [0.717, 1.165) is 18.2 Å². The molecule has 2 aromatic rings. The zero-order valence-electron chi connectivity index (χ0n) is 8.27. The van der Waals surface area contributed by atoms with Crippen LogP contribution in [-0.4, -0.2) is 13.0 Å². The van der Waals surface area contributed by atoms with Crippen LogP contribution in [0.15, 0.2) is 29.3 Å². The lowest BCUT2D eigenvalue weighted by atomic mass is 10.2. The molecule has 0 saturated heterocycles. The zero-order chi connectivity index (χ0) is 12.8. The van der Waals surface area contributed by atoms with Crippen molar-refractivity contribution in [1.82, 2.24) is 4.57 Å². The van der Waals surface area contributed by atoms with E-state index in [1.54, 1.807) is 0 Å². The number of halogens is 3. The molecule has 0 radical (unpaired) electrons. The molecule has 0 aliphatic heterocycles. The minimum Gasteiger partial charge on any atom is -0.290 e. The van der Waals surface area contributed by atoms with E-state index >= 15 is 0 Å². The fourth-order valence-corrected chi connectivity index (χ4v) is 2.31. The minimum atomic E-state index is -4.18. The van der Waals surface area contributed by atoms with Gasteiger partial charge in [-0.1, -0.05) is 0 Å². The minimum absolute atomic E-state index is 0.0922. The van der Waals surface area contributed by atoms with E-state index in [4.69, 9.17) is 5.14 Å². The maximum Gasteiger partial charge on any atom is 0.319 e. The Balaban J connectivity index is 2.90. The van der Waals surface area contributed by atoms with Crippen molar-refractivity contribution in [2.75, 3.05) is 0 Å². The number of hydrogen-bond donors (Lipinski definition) is 1. The van der Waals surface area contributed by atoms with Crippen LogP contribution in [0.5, 0.6) is 0 Å². The number of primary sulfonamides is 1. The van der Waals surface area contributed by atoms with E-state index in [1.165, 1.54) is 0 Å². The Hall–Kier alpha value is -1.54. The standard InChI is InChI=1S/C9H7F3N2O2S/c10-5-1-2-7-6(3-5)8(17(13,15)16)4-14(7)9(11)12/h1-4,9H,(H2,13,15,16). The number of hydrogen-bond acceptors (Lipinski definition) is 2. The Morgan fingerprint density at radius 3 is 2.47 bits per heavy atom. The van der Waals surface area contributed by atoms with Gasteiger partial charge in [-0.25, -0.2) is 17.9 Å². The second-order valence-electron chi connectivity index (χ2n) is 3.38. The van der Waals surface area contributed by atoms with Crippen molar-refractivity contribution >= 4 is 20.9 Å². The number of nitrogens with two attached hydrogens (primary N) is 1. The van der Waals surface area contributed by atoms with E-state index in [-0.39, 0.29) is 10.9 Å². The third-order valence-corrected chi connectivity index (χ3v) is 3.21. The van der Waals surface area contributed by atoms with Crippen molar-refractivity contribution < 1.29 is 21.6 Å². The molecule has 1 aromatic heterocycles. The van der Waals surface area contributed by atoms with E-state index in [0.29, 0.717) is 10.8 Å². The van der Waals surface area contributed by atoms with Gasteiger partial charge < -0.3 is 0 Å². The first kappa shape index (κ1) is 11.9. The molecule has 0 fully saturated rings. The smallest absolute Gasteiger partial charge is 0.290 e. The van der Waals surface area contributed by atoms with Crippen LogP contribution < -0.4 is 5.14 Å². The third-order valence-electron chi connectivity index (χ3n) is 2.28. The van der Waals surface area contributed by atoms with Crippen molar-refractivity contribution in [1.29, 1.82) is 0 Å². The summed E-state index contributed by atoms with van der Waals surface area (Å²) in [6.45, 7) is -2.93. The van der Waals surface area contributed by atoms with E-state index in [9.17, 15) is 21.6 Å². The Morgan fingerprint density at radius 1 is 1.29 bits per heavy atom. The van der Waals surface area contributed by atoms with E-state index in [1.807, 2.05) is 0 Å². The number of sulfonamides is 1. The highest BCUT2D eigenvalue weighted by Crippen LogP contribution is 2.29. The third kappa shape index (κ3) is 2.01. The summed E-state index contributed by atoms with van der Waals surface area (Å²) in [5.74, 6) is -0.727. The van der Waals surface area contributed by atoms with Crippen molar-refractivity contribution in [3.8, 4) is 0 Å². The molecule has 0 amide bonds. The fraction of sp³-hybridized carbons (Fsp3) is 0.111. The summed E-state index contributed by atoms with van der Waals surface area (Å²) in [6, 6.07) is 2.90. The lowest BCUT2D eigenvalue weighted by Gasteiger charge is -2.01. The van der Waals surface area contributed by atoms with E-state index < -0.39 is 27.3 Å². The van der Waals surface area contributed by atoms with Crippen LogP contribution in [0.25, 0.3) is 10.9 Å². The highest BCUT2D eigenvalue weighted by Gasteiger charge is 2.21. The first-order chi connectivity index (χ1) is 7.80. The maximum absolute atomic E-state index is 13.0. The number of nitrogens with zero attached hydrogens (tertiary/aromatic N) is 1. The maximum atomic E-state index is 13.0. The van der Waals surface area contributed by atoms with Crippen molar-refractivity contribution in [2.45, 2.75) is 11.4 Å². The van der Waals surface area contributed by atoms with Crippen LogP contribution in [0.3, 0.4) is 0 Å². The molecule has 92 valence electrons. The molecule has 0 bridgehead atoms. The molecular weight excluding hydrogens is 257 g/mol. The fourth-order valence-electron chi connectivity index (χ4n) is 1.58. The van der Waals surface area contributed by atoms with Crippen LogP contribution in [0, 0.1) is 5.82 Å². The molecule has 0 aliphatic carbocycles. The second kappa shape index (κ2) is 3.74. The van der Waals surface area contributed by atoms with Crippen molar-refractivity contribution in [2.24, 2.45) is 5.14 Å². The monoisotopic (exact) mass is 264 g/mol. The Morgan fingerprint density at radius 2 is 1.94 bits per heavy atom. The van der Waals surface area contributed by atoms with Gasteiger partial charge in [0, 0.05) is 11.6 Å². The van der Waals surface area contributed by atoms with Gasteiger partial charge in [0.1, 0.15) is 10.7 Å². The van der Waals surface area contributed by atoms with Crippen molar-refractivity contribution in [3.63, 3.8) is 0 Å². The van der Waals surface area contributed by atoms with Crippen LogP contribution in [0.2, 0.25) is 0 Å². The van der Waals surface area contributed by atoms with Crippen LogP contribution in [-0.2, 0) is 10.0 Å². The van der Waals surface area contributed by atoms with Gasteiger partial charge >= 0.3 is 6.55 Å². The number of rotatable bonds is 2. The van der Waals surface area contributed by atoms with Gasteiger partial charge in [0.05, 0.1) is 5.52 Å². The van der Waals surface area contributed by atoms with Crippen molar-refractivity contribution in [3.05, 3.63) is 30.2 Å². The highest BCUT2D eigenvalue weighted by molar-refractivity contribution is 7.89. The lowest BCUT2D eigenvalue weighted by Crippen LogP contribution is -2.11. The van der Waals surface area contributed by atoms with Gasteiger partial charge in [-0.15, -0.1) is 0 Å². The molecule has 0 unspecified atom stereocenters. The summed E-state index contributed by atoms with van der Waals surface area (Å²) in [4.78, 5) is -0.521. The first-order valence-electron chi connectivity index (χ1n) is 4.42. The van der Waals surface area contributed by atoms with Crippen LogP contribution in [0.4, 0.5) is 13.2 Å². The summed E-state index contributed by atoms with van der Waals surface area (Å²) in [6.07, 6.45) is 0.699. The molecule has 4 nitrogen and oxygen atoms in total. The van der Waals surface area contributed by atoms with Crippen LogP contribution >= 0.6 is 0 Å². The molecule has 0 saturated carbocycles. The molecule has 8 heteroatoms. The average molecular weight is 264 g/mol. The van der Waals surface area contributed by atoms with Crippen LogP contribution in [0.1, 0.15) is 6.55 Å². The predicted molar refractivity (Wildman–Crippen MR) is 54.5 cm³/mol. The molecule has 1 aromatic carbocycles. The highest BCUT2D eigenvalue weighted by atomic mass is 32.2. The number of benzene rings is 1. The SMILES string of the molecule is NS(=O)(=O)c1cn(C(F)F)c2ccc(F)cc12. The normalized spacial score (nSPS) is 12.5. The van der Waals surface area contributed by atoms with Gasteiger partial charge in [0.15, 0.2) is 0 Å². The zero-order valence-corrected chi connectivity index (χ0v) is 9.09. The largest absolute Gasteiger partial charge is 0.319 e. The van der Waals surface area contributed by atoms with Gasteiger partial charge in [-0.3, -0.25) is 4.57 Å². The van der Waals surface area contributed by atoms with Gasteiger partial charge in [0.2, 0.25) is 10.0 Å². The molecule has 0 spiro atoms. The molecule has 17 heavy (non-hydrogen) atoms. The predicted octanol–water partition coefficient (Wildman–Crippen LogP) is 1.82. The topological polar surface area (TPSA) is 65.1 Å². The van der Waals surface area contributed by atoms with Gasteiger partial charge in [-0.2, -0.15) is 8.78 Å². The Kier molecular flexibility index (Phi) is 2.63. The molecule has 1 heterocycles. The molecule has 2 N–H and O–H groups in total.